The molecule has 2 bridgehead atoms. The van der Waals surface area contributed by atoms with Crippen LogP contribution in [0.2, 0.25) is 0 Å². The van der Waals surface area contributed by atoms with Gasteiger partial charge in [-0.1, -0.05) is 0 Å². The van der Waals surface area contributed by atoms with Crippen LogP contribution in [0.4, 0.5) is 8.78 Å². The molecule has 0 spiro atoms. The van der Waals surface area contributed by atoms with Crippen molar-refractivity contribution in [2.24, 2.45) is 5.92 Å². The largest absolute Gasteiger partial charge is 0.458 e. The third kappa shape index (κ3) is 3.63. The minimum Gasteiger partial charge on any atom is -0.458 e. The summed E-state index contributed by atoms with van der Waals surface area (Å²) in [6.45, 7) is -0.608. The molecule has 3 aliphatic heterocycles. The highest BCUT2D eigenvalue weighted by atomic mass is 32.2. The van der Waals surface area contributed by atoms with Gasteiger partial charge < -0.3 is 18.9 Å². The van der Waals surface area contributed by atoms with Gasteiger partial charge in [0, 0.05) is 6.42 Å². The molecule has 23 heavy (non-hydrogen) atoms. The second-order valence-corrected chi connectivity index (χ2v) is 7.39. The molecule has 1 N–H and O–H groups in total. The standard InChI is InChI=1S/C12H16F2O8S/c13-12(14,23(16,17)18)5-21-11(15)7-1-10-9(2-8(7)22-10)20-4-6-3-19-6/h6-10H,1-5H2,(H,16,17,18). The second kappa shape index (κ2) is 5.88. The molecule has 3 fully saturated rings. The summed E-state index contributed by atoms with van der Waals surface area (Å²) in [7, 11) is -5.62. The topological polar surface area (TPSA) is 112 Å². The Kier molecular flexibility index (Phi) is 4.34. The van der Waals surface area contributed by atoms with Crippen molar-refractivity contribution in [1.82, 2.24) is 0 Å². The maximum atomic E-state index is 13.0. The Bertz CT molecular complexity index is 576. The van der Waals surface area contributed by atoms with Gasteiger partial charge >= 0.3 is 21.3 Å². The fourth-order valence-electron chi connectivity index (χ4n) is 2.77. The van der Waals surface area contributed by atoms with Crippen LogP contribution in [-0.2, 0) is 33.9 Å². The van der Waals surface area contributed by atoms with Crippen LogP contribution in [0.5, 0.6) is 0 Å². The van der Waals surface area contributed by atoms with Crippen LogP contribution < -0.4 is 0 Å². The van der Waals surface area contributed by atoms with E-state index in [-0.39, 0.29) is 24.7 Å². The number of ether oxygens (including phenoxy) is 4. The van der Waals surface area contributed by atoms with Crippen LogP contribution in [0.3, 0.4) is 0 Å². The van der Waals surface area contributed by atoms with Gasteiger partial charge in [-0.05, 0) is 6.42 Å². The van der Waals surface area contributed by atoms with Gasteiger partial charge in [0.15, 0.2) is 6.61 Å². The summed E-state index contributed by atoms with van der Waals surface area (Å²) < 4.78 is 75.8. The van der Waals surface area contributed by atoms with E-state index in [1.165, 1.54) is 0 Å². The Hall–Kier alpha value is -0.880. The molecule has 0 aliphatic carbocycles. The fraction of sp³-hybridized carbons (Fsp3) is 0.917. The van der Waals surface area contributed by atoms with Gasteiger partial charge in [-0.3, -0.25) is 9.35 Å². The molecule has 0 aromatic rings. The van der Waals surface area contributed by atoms with Crippen LogP contribution in [0.25, 0.3) is 0 Å². The normalized spacial score (nSPS) is 36.2. The number of epoxide rings is 1. The first-order chi connectivity index (χ1) is 10.7. The Labute approximate surface area is 130 Å². The lowest BCUT2D eigenvalue weighted by atomic mass is 9.87. The number of rotatable bonds is 7. The maximum Gasteiger partial charge on any atom is 0.402 e. The van der Waals surface area contributed by atoms with Gasteiger partial charge in [0.25, 0.3) is 0 Å². The van der Waals surface area contributed by atoms with E-state index < -0.39 is 40.0 Å². The first-order valence-corrected chi connectivity index (χ1v) is 8.51. The first kappa shape index (κ1) is 17.0. The predicted molar refractivity (Wildman–Crippen MR) is 68.3 cm³/mol. The van der Waals surface area contributed by atoms with Crippen molar-refractivity contribution in [1.29, 1.82) is 0 Å². The summed E-state index contributed by atoms with van der Waals surface area (Å²) in [4.78, 5) is 11.8. The van der Waals surface area contributed by atoms with Gasteiger partial charge in [0.05, 0.1) is 37.4 Å². The summed E-state index contributed by atoms with van der Waals surface area (Å²) in [5.74, 6) is -1.71. The molecule has 0 aromatic heterocycles. The molecule has 5 atom stereocenters. The van der Waals surface area contributed by atoms with Gasteiger partial charge in [0.1, 0.15) is 6.10 Å². The highest BCUT2D eigenvalue weighted by Crippen LogP contribution is 2.41. The summed E-state index contributed by atoms with van der Waals surface area (Å²) in [6.07, 6.45) is -0.191. The number of esters is 1. The van der Waals surface area contributed by atoms with E-state index in [2.05, 4.69) is 4.74 Å². The lowest BCUT2D eigenvalue weighted by Gasteiger charge is -2.24. The smallest absolute Gasteiger partial charge is 0.402 e. The number of carbonyl (C=O) groups is 1. The number of hydrogen-bond donors (Lipinski definition) is 1. The zero-order valence-electron chi connectivity index (χ0n) is 11.9. The number of fused-ring (bicyclic) bond motifs is 2. The first-order valence-electron chi connectivity index (χ1n) is 7.07. The van der Waals surface area contributed by atoms with Crippen molar-refractivity contribution >= 4 is 16.1 Å². The zero-order chi connectivity index (χ0) is 16.8. The second-order valence-electron chi connectivity index (χ2n) is 5.84. The van der Waals surface area contributed by atoms with Crippen molar-refractivity contribution in [3.63, 3.8) is 0 Å². The molecule has 3 saturated heterocycles. The Balaban J connectivity index is 1.47. The van der Waals surface area contributed by atoms with Crippen molar-refractivity contribution in [3.05, 3.63) is 0 Å². The van der Waals surface area contributed by atoms with Crippen molar-refractivity contribution in [2.45, 2.75) is 42.5 Å². The van der Waals surface area contributed by atoms with Crippen LogP contribution in [0, 0.1) is 5.92 Å². The number of hydrogen-bond acceptors (Lipinski definition) is 7. The van der Waals surface area contributed by atoms with E-state index >= 15 is 0 Å². The quantitative estimate of drug-likeness (QED) is 0.384. The van der Waals surface area contributed by atoms with Gasteiger partial charge in [0.2, 0.25) is 0 Å². The summed E-state index contributed by atoms with van der Waals surface area (Å²) in [5.41, 5.74) is 0. The van der Waals surface area contributed by atoms with E-state index in [0.29, 0.717) is 19.6 Å². The van der Waals surface area contributed by atoms with E-state index in [0.717, 1.165) is 0 Å². The van der Waals surface area contributed by atoms with Gasteiger partial charge in [-0.25, -0.2) is 0 Å². The fourth-order valence-corrected chi connectivity index (χ4v) is 2.98. The molecular weight excluding hydrogens is 342 g/mol. The molecule has 8 nitrogen and oxygen atoms in total. The third-order valence-corrected chi connectivity index (χ3v) is 5.00. The average molecular weight is 358 g/mol. The molecule has 0 aromatic carbocycles. The number of alkyl halides is 2. The molecule has 3 heterocycles. The van der Waals surface area contributed by atoms with Gasteiger partial charge in [-0.2, -0.15) is 17.2 Å². The zero-order valence-corrected chi connectivity index (χ0v) is 12.7. The van der Waals surface area contributed by atoms with Crippen molar-refractivity contribution < 1.29 is 45.5 Å². The number of carbonyl (C=O) groups excluding carboxylic acids is 1. The third-order valence-electron chi connectivity index (χ3n) is 4.13. The average Bonchev–Trinajstić information content (AvgIpc) is 3.08. The minimum atomic E-state index is -5.62. The van der Waals surface area contributed by atoms with E-state index in [1.807, 2.05) is 0 Å². The molecule has 0 radical (unpaired) electrons. The molecule has 3 rings (SSSR count). The Morgan fingerprint density at radius 2 is 2.00 bits per heavy atom. The molecule has 3 aliphatic rings. The van der Waals surface area contributed by atoms with Crippen molar-refractivity contribution in [2.75, 3.05) is 19.8 Å². The molecule has 0 amide bonds. The van der Waals surface area contributed by atoms with Crippen molar-refractivity contribution in [3.8, 4) is 0 Å². The van der Waals surface area contributed by atoms with E-state index in [9.17, 15) is 22.0 Å². The highest BCUT2D eigenvalue weighted by molar-refractivity contribution is 7.86. The van der Waals surface area contributed by atoms with Crippen LogP contribution >= 0.6 is 0 Å². The molecule has 132 valence electrons. The molecule has 11 heteroatoms. The summed E-state index contributed by atoms with van der Waals surface area (Å²) in [5, 5.41) is -4.53. The molecular formula is C12H16F2O8S. The Morgan fingerprint density at radius 1 is 1.30 bits per heavy atom. The maximum absolute atomic E-state index is 13.0. The summed E-state index contributed by atoms with van der Waals surface area (Å²) >= 11 is 0. The highest BCUT2D eigenvalue weighted by Gasteiger charge is 2.53. The Morgan fingerprint density at radius 3 is 2.52 bits per heavy atom. The molecule has 0 saturated carbocycles. The minimum absolute atomic E-state index is 0.109. The predicted octanol–water partition coefficient (Wildman–Crippen LogP) is -0.0284. The summed E-state index contributed by atoms with van der Waals surface area (Å²) in [6, 6.07) is 0. The number of halogens is 2. The molecule has 5 unspecified atom stereocenters. The monoisotopic (exact) mass is 358 g/mol. The van der Waals surface area contributed by atoms with Crippen LogP contribution in [-0.4, -0.2) is 68.4 Å². The van der Waals surface area contributed by atoms with Crippen LogP contribution in [0.1, 0.15) is 12.8 Å². The van der Waals surface area contributed by atoms with Crippen LogP contribution in [0.15, 0.2) is 0 Å². The van der Waals surface area contributed by atoms with E-state index in [1.54, 1.807) is 0 Å². The lowest BCUT2D eigenvalue weighted by molar-refractivity contribution is -0.156. The van der Waals surface area contributed by atoms with Gasteiger partial charge in [-0.15, -0.1) is 0 Å². The van der Waals surface area contributed by atoms with E-state index in [4.69, 9.17) is 18.8 Å². The SMILES string of the molecule is O=C(OCC(F)(F)S(=O)(=O)O)C1CC2OC1CC2OCC1CO1. The lowest BCUT2D eigenvalue weighted by Crippen LogP contribution is -2.38.